The van der Waals surface area contributed by atoms with Gasteiger partial charge >= 0.3 is 6.18 Å². The molecule has 0 atom stereocenters. The fourth-order valence-corrected chi connectivity index (χ4v) is 3.30. The number of benzene rings is 1. The second-order valence-corrected chi connectivity index (χ2v) is 6.88. The standard InChI is InChI=1S/C11H12F3NO4S/c1-10(2,11(12,13)14)7-20(18,19)9-5-3-4-8(6-9)15(16)17/h3-6H,7H2,1-2H3. The van der Waals surface area contributed by atoms with Crippen molar-refractivity contribution in [3.05, 3.63) is 34.4 Å². The zero-order valence-corrected chi connectivity index (χ0v) is 11.5. The van der Waals surface area contributed by atoms with Crippen LogP contribution in [0.15, 0.2) is 29.2 Å². The van der Waals surface area contributed by atoms with Crippen molar-refractivity contribution < 1.29 is 26.5 Å². The smallest absolute Gasteiger partial charge is 0.258 e. The number of nitrogens with zero attached hydrogens (tertiary/aromatic N) is 1. The van der Waals surface area contributed by atoms with Crippen LogP contribution in [0.3, 0.4) is 0 Å². The van der Waals surface area contributed by atoms with Crippen LogP contribution in [0.25, 0.3) is 0 Å². The summed E-state index contributed by atoms with van der Waals surface area (Å²) in [5, 5.41) is 10.6. The highest BCUT2D eigenvalue weighted by atomic mass is 32.2. The fourth-order valence-electron chi connectivity index (χ4n) is 1.43. The second-order valence-electron chi connectivity index (χ2n) is 4.90. The lowest BCUT2D eigenvalue weighted by molar-refractivity contribution is -0.385. The quantitative estimate of drug-likeness (QED) is 0.632. The lowest BCUT2D eigenvalue weighted by Gasteiger charge is -2.27. The Labute approximate surface area is 113 Å². The summed E-state index contributed by atoms with van der Waals surface area (Å²) in [5.41, 5.74) is -2.94. The number of alkyl halides is 3. The Morgan fingerprint density at radius 2 is 1.80 bits per heavy atom. The molecule has 0 fully saturated rings. The molecule has 9 heteroatoms. The molecule has 5 nitrogen and oxygen atoms in total. The Hall–Kier alpha value is -1.64. The molecule has 0 bridgehead atoms. The van der Waals surface area contributed by atoms with Crippen LogP contribution in [0, 0.1) is 15.5 Å². The van der Waals surface area contributed by atoms with E-state index in [4.69, 9.17) is 0 Å². The average molecular weight is 311 g/mol. The maximum absolute atomic E-state index is 12.7. The summed E-state index contributed by atoms with van der Waals surface area (Å²) in [4.78, 5) is 9.25. The van der Waals surface area contributed by atoms with Gasteiger partial charge in [-0.2, -0.15) is 13.2 Å². The Morgan fingerprint density at radius 3 is 2.25 bits per heavy atom. The van der Waals surface area contributed by atoms with Gasteiger partial charge in [-0.15, -0.1) is 0 Å². The van der Waals surface area contributed by atoms with E-state index in [1.165, 1.54) is 0 Å². The lowest BCUT2D eigenvalue weighted by Crippen LogP contribution is -2.38. The minimum absolute atomic E-state index is 0.490. The molecule has 0 aliphatic carbocycles. The third-order valence-electron chi connectivity index (χ3n) is 2.71. The maximum Gasteiger partial charge on any atom is 0.394 e. The number of non-ortho nitro benzene ring substituents is 1. The molecule has 0 unspecified atom stereocenters. The summed E-state index contributed by atoms with van der Waals surface area (Å²) < 4.78 is 62.0. The summed E-state index contributed by atoms with van der Waals surface area (Å²) in [6.45, 7) is 1.53. The molecule has 0 aliphatic rings. The van der Waals surface area contributed by atoms with Gasteiger partial charge in [-0.3, -0.25) is 10.1 Å². The summed E-state index contributed by atoms with van der Waals surface area (Å²) >= 11 is 0. The van der Waals surface area contributed by atoms with E-state index in [0.717, 1.165) is 38.1 Å². The number of hydrogen-bond donors (Lipinski definition) is 0. The van der Waals surface area contributed by atoms with Crippen molar-refractivity contribution in [3.8, 4) is 0 Å². The van der Waals surface area contributed by atoms with Crippen LogP contribution in [-0.4, -0.2) is 25.3 Å². The highest BCUT2D eigenvalue weighted by Gasteiger charge is 2.50. The molecule has 1 aromatic rings. The van der Waals surface area contributed by atoms with Crippen LogP contribution in [0.1, 0.15) is 13.8 Å². The average Bonchev–Trinajstić information content (AvgIpc) is 2.26. The van der Waals surface area contributed by atoms with E-state index in [9.17, 15) is 31.7 Å². The van der Waals surface area contributed by atoms with Gasteiger partial charge in [0.1, 0.15) is 0 Å². The van der Waals surface area contributed by atoms with Gasteiger partial charge in [0.15, 0.2) is 9.84 Å². The molecule has 0 heterocycles. The van der Waals surface area contributed by atoms with Gasteiger partial charge in [0.05, 0.1) is 21.0 Å². The molecule has 0 N–H and O–H groups in total. The number of sulfone groups is 1. The minimum Gasteiger partial charge on any atom is -0.258 e. The van der Waals surface area contributed by atoms with Crippen molar-refractivity contribution in [1.29, 1.82) is 0 Å². The normalized spacial score (nSPS) is 13.2. The Kier molecular flexibility index (Phi) is 4.14. The third kappa shape index (κ3) is 3.47. The first-order valence-electron chi connectivity index (χ1n) is 5.41. The first kappa shape index (κ1) is 16.4. The van der Waals surface area contributed by atoms with E-state index < -0.39 is 42.7 Å². The van der Waals surface area contributed by atoms with Crippen LogP contribution < -0.4 is 0 Å². The molecule has 20 heavy (non-hydrogen) atoms. The highest BCUT2D eigenvalue weighted by Crippen LogP contribution is 2.39. The number of halogens is 3. The SMILES string of the molecule is CC(C)(CS(=O)(=O)c1cccc([N+](=O)[O-])c1)C(F)(F)F. The molecule has 0 saturated carbocycles. The van der Waals surface area contributed by atoms with E-state index in [1.807, 2.05) is 0 Å². The van der Waals surface area contributed by atoms with Crippen LogP contribution in [0.4, 0.5) is 18.9 Å². The maximum atomic E-state index is 12.7. The Balaban J connectivity index is 3.19. The number of nitro groups is 1. The van der Waals surface area contributed by atoms with E-state index >= 15 is 0 Å². The van der Waals surface area contributed by atoms with Crippen LogP contribution in [0.5, 0.6) is 0 Å². The van der Waals surface area contributed by atoms with Gasteiger partial charge in [0.2, 0.25) is 0 Å². The zero-order chi connectivity index (χ0) is 15.8. The van der Waals surface area contributed by atoms with Gasteiger partial charge in [0, 0.05) is 12.1 Å². The van der Waals surface area contributed by atoms with Crippen molar-refractivity contribution in [3.63, 3.8) is 0 Å². The van der Waals surface area contributed by atoms with Crippen molar-refractivity contribution in [1.82, 2.24) is 0 Å². The Bertz CT molecular complexity index is 623. The molecule has 0 aliphatic heterocycles. The van der Waals surface area contributed by atoms with Gasteiger partial charge in [-0.1, -0.05) is 19.9 Å². The highest BCUT2D eigenvalue weighted by molar-refractivity contribution is 7.91. The molecule has 112 valence electrons. The summed E-state index contributed by atoms with van der Waals surface area (Å²) in [5.74, 6) is -1.18. The molecule has 1 aromatic carbocycles. The van der Waals surface area contributed by atoms with Crippen molar-refractivity contribution >= 4 is 15.5 Å². The topological polar surface area (TPSA) is 77.3 Å². The van der Waals surface area contributed by atoms with Crippen LogP contribution >= 0.6 is 0 Å². The van der Waals surface area contributed by atoms with Gasteiger partial charge in [-0.25, -0.2) is 8.42 Å². The predicted octanol–water partition coefficient (Wildman–Crippen LogP) is 2.96. The molecule has 0 saturated heterocycles. The first-order valence-corrected chi connectivity index (χ1v) is 7.06. The number of hydrogen-bond acceptors (Lipinski definition) is 4. The van der Waals surface area contributed by atoms with Gasteiger partial charge < -0.3 is 0 Å². The van der Waals surface area contributed by atoms with Crippen molar-refractivity contribution in [2.24, 2.45) is 5.41 Å². The molecular formula is C11H12F3NO4S. The monoisotopic (exact) mass is 311 g/mol. The van der Waals surface area contributed by atoms with E-state index in [1.54, 1.807) is 0 Å². The zero-order valence-electron chi connectivity index (χ0n) is 10.6. The molecule has 1 rings (SSSR count). The summed E-state index contributed by atoms with van der Waals surface area (Å²) in [6.07, 6.45) is -4.69. The molecule has 0 radical (unpaired) electrons. The van der Waals surface area contributed by atoms with E-state index in [2.05, 4.69) is 0 Å². The van der Waals surface area contributed by atoms with Crippen molar-refractivity contribution in [2.75, 3.05) is 5.75 Å². The third-order valence-corrected chi connectivity index (χ3v) is 4.78. The summed E-state index contributed by atoms with van der Waals surface area (Å²) in [7, 11) is -4.28. The van der Waals surface area contributed by atoms with Gasteiger partial charge in [0.25, 0.3) is 5.69 Å². The van der Waals surface area contributed by atoms with Crippen LogP contribution in [-0.2, 0) is 9.84 Å². The van der Waals surface area contributed by atoms with Gasteiger partial charge in [-0.05, 0) is 6.07 Å². The fraction of sp³-hybridized carbons (Fsp3) is 0.455. The van der Waals surface area contributed by atoms with Crippen molar-refractivity contribution in [2.45, 2.75) is 24.9 Å². The number of nitro benzene ring substituents is 1. The molecule has 0 aromatic heterocycles. The minimum atomic E-state index is -4.69. The van der Waals surface area contributed by atoms with E-state index in [-0.39, 0.29) is 0 Å². The molecular weight excluding hydrogens is 299 g/mol. The second kappa shape index (κ2) is 5.04. The first-order chi connectivity index (χ1) is 8.87. The number of rotatable bonds is 4. The summed E-state index contributed by atoms with van der Waals surface area (Å²) in [6, 6.07) is 3.97. The van der Waals surface area contributed by atoms with Crippen LogP contribution in [0.2, 0.25) is 0 Å². The lowest BCUT2D eigenvalue weighted by atomic mass is 9.96. The van der Waals surface area contributed by atoms with E-state index in [0.29, 0.717) is 0 Å². The molecule has 0 amide bonds. The Morgan fingerprint density at radius 1 is 1.25 bits per heavy atom. The molecule has 0 spiro atoms. The predicted molar refractivity (Wildman–Crippen MR) is 65.0 cm³/mol. The largest absolute Gasteiger partial charge is 0.394 e.